The lowest BCUT2D eigenvalue weighted by molar-refractivity contribution is -0.114. The molecule has 1 aliphatic heterocycles. The average Bonchev–Trinajstić information content (AvgIpc) is 3.15. The lowest BCUT2D eigenvalue weighted by Gasteiger charge is -2.17. The van der Waals surface area contributed by atoms with Crippen molar-refractivity contribution in [3.05, 3.63) is 36.2 Å². The zero-order chi connectivity index (χ0) is 17.6. The number of nitrogens with one attached hydrogen (secondary N) is 2. The fourth-order valence-corrected chi connectivity index (χ4v) is 2.91. The van der Waals surface area contributed by atoms with Crippen LogP contribution < -0.4 is 20.3 Å². The molecule has 0 bridgehead atoms. The maximum atomic E-state index is 11.3. The maximum Gasteiger partial charge on any atom is 0.221 e. The lowest BCUT2D eigenvalue weighted by Crippen LogP contribution is -2.19. The Balaban J connectivity index is 1.68. The molecule has 0 unspecified atom stereocenters. The SMILES string of the molecule is COc1ccc(CNc2cc(N3CCCC3)ncn2)cc1NC(C)=O. The van der Waals surface area contributed by atoms with Crippen molar-refractivity contribution in [3.63, 3.8) is 0 Å². The number of methoxy groups -OCH3 is 1. The van der Waals surface area contributed by atoms with Gasteiger partial charge in [0.25, 0.3) is 0 Å². The molecule has 7 nitrogen and oxygen atoms in total. The van der Waals surface area contributed by atoms with E-state index in [0.29, 0.717) is 18.0 Å². The molecule has 0 saturated carbocycles. The highest BCUT2D eigenvalue weighted by Crippen LogP contribution is 2.26. The number of benzene rings is 1. The molecular weight excluding hydrogens is 318 g/mol. The second kappa shape index (κ2) is 7.83. The van der Waals surface area contributed by atoms with Crippen molar-refractivity contribution in [1.82, 2.24) is 9.97 Å². The van der Waals surface area contributed by atoms with Crippen LogP contribution >= 0.6 is 0 Å². The van der Waals surface area contributed by atoms with E-state index in [0.717, 1.165) is 30.3 Å². The molecule has 1 fully saturated rings. The van der Waals surface area contributed by atoms with E-state index in [1.165, 1.54) is 19.8 Å². The minimum absolute atomic E-state index is 0.130. The van der Waals surface area contributed by atoms with Gasteiger partial charge in [-0.05, 0) is 30.5 Å². The summed E-state index contributed by atoms with van der Waals surface area (Å²) in [7, 11) is 1.58. The number of rotatable bonds is 6. The Hall–Kier alpha value is -2.83. The summed E-state index contributed by atoms with van der Waals surface area (Å²) in [4.78, 5) is 22.2. The molecule has 0 aliphatic carbocycles. The van der Waals surface area contributed by atoms with Gasteiger partial charge < -0.3 is 20.3 Å². The van der Waals surface area contributed by atoms with Crippen molar-refractivity contribution < 1.29 is 9.53 Å². The standard InChI is InChI=1S/C18H23N5O2/c1-13(24)22-15-9-14(5-6-16(15)25-2)11-19-17-10-18(21-12-20-17)23-7-3-4-8-23/h5-6,9-10,12H,3-4,7-8,11H2,1-2H3,(H,22,24)(H,19,20,21). The number of carbonyl (C=O) groups is 1. The number of aromatic nitrogens is 2. The van der Waals surface area contributed by atoms with E-state index >= 15 is 0 Å². The first-order valence-electron chi connectivity index (χ1n) is 8.41. The molecule has 2 heterocycles. The molecule has 1 aromatic heterocycles. The van der Waals surface area contributed by atoms with Crippen LogP contribution in [0, 0.1) is 0 Å². The van der Waals surface area contributed by atoms with Gasteiger partial charge in [0.05, 0.1) is 12.8 Å². The molecule has 3 rings (SSSR count). The van der Waals surface area contributed by atoms with E-state index in [-0.39, 0.29) is 5.91 Å². The van der Waals surface area contributed by atoms with E-state index in [9.17, 15) is 4.79 Å². The first kappa shape index (κ1) is 17.0. The van der Waals surface area contributed by atoms with Gasteiger partial charge in [-0.3, -0.25) is 4.79 Å². The summed E-state index contributed by atoms with van der Waals surface area (Å²) in [6.45, 7) is 4.17. The predicted octanol–water partition coefficient (Wildman–Crippen LogP) is 2.66. The zero-order valence-electron chi connectivity index (χ0n) is 14.6. The van der Waals surface area contributed by atoms with E-state index < -0.39 is 0 Å². The normalized spacial score (nSPS) is 13.6. The van der Waals surface area contributed by atoms with Gasteiger partial charge in [-0.15, -0.1) is 0 Å². The predicted molar refractivity (Wildman–Crippen MR) is 98.1 cm³/mol. The van der Waals surface area contributed by atoms with Gasteiger partial charge in [0.2, 0.25) is 5.91 Å². The van der Waals surface area contributed by atoms with Crippen LogP contribution in [0.4, 0.5) is 17.3 Å². The summed E-state index contributed by atoms with van der Waals surface area (Å²) >= 11 is 0. The third kappa shape index (κ3) is 4.37. The Morgan fingerprint density at radius 1 is 1.24 bits per heavy atom. The average molecular weight is 341 g/mol. The van der Waals surface area contributed by atoms with E-state index in [1.54, 1.807) is 13.4 Å². The van der Waals surface area contributed by atoms with Gasteiger partial charge in [-0.1, -0.05) is 6.07 Å². The van der Waals surface area contributed by atoms with Crippen molar-refractivity contribution in [1.29, 1.82) is 0 Å². The van der Waals surface area contributed by atoms with Crippen LogP contribution in [-0.2, 0) is 11.3 Å². The Labute approximate surface area is 147 Å². The quantitative estimate of drug-likeness (QED) is 0.841. The van der Waals surface area contributed by atoms with Crippen LogP contribution in [0.15, 0.2) is 30.6 Å². The van der Waals surface area contributed by atoms with Crippen LogP contribution in [0.25, 0.3) is 0 Å². The van der Waals surface area contributed by atoms with Gasteiger partial charge in [0, 0.05) is 32.6 Å². The highest BCUT2D eigenvalue weighted by Gasteiger charge is 2.14. The van der Waals surface area contributed by atoms with Gasteiger partial charge in [-0.25, -0.2) is 9.97 Å². The number of ether oxygens (including phenoxy) is 1. The molecule has 1 aromatic carbocycles. The molecule has 0 atom stereocenters. The first-order valence-corrected chi connectivity index (χ1v) is 8.41. The summed E-state index contributed by atoms with van der Waals surface area (Å²) in [5.74, 6) is 2.25. The molecule has 1 aliphatic rings. The molecule has 25 heavy (non-hydrogen) atoms. The number of nitrogens with zero attached hydrogens (tertiary/aromatic N) is 3. The summed E-state index contributed by atoms with van der Waals surface area (Å²) in [5.41, 5.74) is 1.68. The summed E-state index contributed by atoms with van der Waals surface area (Å²) in [6.07, 6.45) is 4.02. The summed E-state index contributed by atoms with van der Waals surface area (Å²) in [5, 5.41) is 6.10. The summed E-state index contributed by atoms with van der Waals surface area (Å²) < 4.78 is 5.28. The molecule has 7 heteroatoms. The molecule has 2 aromatic rings. The van der Waals surface area contributed by atoms with Gasteiger partial charge in [-0.2, -0.15) is 0 Å². The van der Waals surface area contributed by atoms with Crippen LogP contribution in [-0.4, -0.2) is 36.1 Å². The lowest BCUT2D eigenvalue weighted by atomic mass is 10.2. The number of hydrogen-bond acceptors (Lipinski definition) is 6. The van der Waals surface area contributed by atoms with Crippen molar-refractivity contribution in [2.45, 2.75) is 26.3 Å². The van der Waals surface area contributed by atoms with Crippen LogP contribution in [0.3, 0.4) is 0 Å². The number of amides is 1. The van der Waals surface area contributed by atoms with Crippen LogP contribution in [0.2, 0.25) is 0 Å². The second-order valence-corrected chi connectivity index (χ2v) is 6.02. The monoisotopic (exact) mass is 341 g/mol. The zero-order valence-corrected chi connectivity index (χ0v) is 14.6. The minimum atomic E-state index is -0.130. The number of carbonyl (C=O) groups excluding carboxylic acids is 1. The van der Waals surface area contributed by atoms with Crippen LogP contribution in [0.1, 0.15) is 25.3 Å². The highest BCUT2D eigenvalue weighted by atomic mass is 16.5. The van der Waals surface area contributed by atoms with Crippen molar-refractivity contribution in [2.75, 3.05) is 35.7 Å². The topological polar surface area (TPSA) is 79.4 Å². The number of anilines is 3. The van der Waals surface area contributed by atoms with Crippen molar-refractivity contribution >= 4 is 23.2 Å². The summed E-state index contributed by atoms with van der Waals surface area (Å²) in [6, 6.07) is 7.68. The smallest absolute Gasteiger partial charge is 0.221 e. The molecule has 1 amide bonds. The van der Waals surface area contributed by atoms with Gasteiger partial charge >= 0.3 is 0 Å². The highest BCUT2D eigenvalue weighted by molar-refractivity contribution is 5.90. The Morgan fingerprint density at radius 3 is 2.76 bits per heavy atom. The largest absolute Gasteiger partial charge is 0.495 e. The van der Waals surface area contributed by atoms with E-state index in [4.69, 9.17) is 4.74 Å². The Bertz CT molecular complexity index is 744. The third-order valence-electron chi connectivity index (χ3n) is 4.13. The third-order valence-corrected chi connectivity index (χ3v) is 4.13. The molecule has 1 saturated heterocycles. The maximum absolute atomic E-state index is 11.3. The Morgan fingerprint density at radius 2 is 2.04 bits per heavy atom. The minimum Gasteiger partial charge on any atom is -0.495 e. The molecule has 0 radical (unpaired) electrons. The molecule has 132 valence electrons. The fraction of sp³-hybridized carbons (Fsp3) is 0.389. The van der Waals surface area contributed by atoms with Crippen LogP contribution in [0.5, 0.6) is 5.75 Å². The van der Waals surface area contributed by atoms with E-state index in [2.05, 4.69) is 25.5 Å². The molecule has 0 spiro atoms. The Kier molecular flexibility index (Phi) is 5.33. The van der Waals surface area contributed by atoms with E-state index in [1.807, 2.05) is 24.3 Å². The number of hydrogen-bond donors (Lipinski definition) is 2. The first-order chi connectivity index (χ1) is 12.2. The van der Waals surface area contributed by atoms with Gasteiger partial charge in [0.15, 0.2) is 0 Å². The van der Waals surface area contributed by atoms with Crippen molar-refractivity contribution in [2.24, 2.45) is 0 Å². The molecular formula is C18H23N5O2. The molecule has 2 N–H and O–H groups in total. The van der Waals surface area contributed by atoms with Gasteiger partial charge in [0.1, 0.15) is 23.7 Å². The fourth-order valence-electron chi connectivity index (χ4n) is 2.91. The van der Waals surface area contributed by atoms with Crippen molar-refractivity contribution in [3.8, 4) is 5.75 Å². The second-order valence-electron chi connectivity index (χ2n) is 6.02.